The average Bonchev–Trinajstić information content (AvgIpc) is 2.96. The van der Waals surface area contributed by atoms with Gasteiger partial charge in [0.05, 0.1) is 18.9 Å². The molecule has 0 amide bonds. The monoisotopic (exact) mass is 256 g/mol. The van der Waals surface area contributed by atoms with E-state index in [4.69, 9.17) is 9.15 Å². The molecule has 0 aromatic carbocycles. The first-order valence-corrected chi connectivity index (χ1v) is 6.93. The fourth-order valence-corrected chi connectivity index (χ4v) is 1.37. The summed E-state index contributed by atoms with van der Waals surface area (Å²) < 4.78 is 9.95. The summed E-state index contributed by atoms with van der Waals surface area (Å²) in [7, 11) is 0. The van der Waals surface area contributed by atoms with Crippen LogP contribution >= 0.6 is 0 Å². The van der Waals surface area contributed by atoms with E-state index < -0.39 is 0 Å². The fourth-order valence-electron chi connectivity index (χ4n) is 1.37. The molecule has 2 heterocycles. The Bertz CT molecular complexity index is 257. The van der Waals surface area contributed by atoms with Crippen LogP contribution < -0.4 is 5.32 Å². The van der Waals surface area contributed by atoms with Gasteiger partial charge in [0.2, 0.25) is 0 Å². The summed E-state index contributed by atoms with van der Waals surface area (Å²) in [5.41, 5.74) is 1.05. The summed E-state index contributed by atoms with van der Waals surface area (Å²) in [5.74, 6) is 0.531. The molecule has 4 nitrogen and oxygen atoms in total. The molecule has 1 fully saturated rings. The molecule has 2 unspecified atom stereocenters. The van der Waals surface area contributed by atoms with E-state index in [9.17, 15) is 0 Å². The minimum absolute atomic E-state index is 0.531. The van der Waals surface area contributed by atoms with Crippen LogP contribution in [0.2, 0.25) is 0 Å². The quantitative estimate of drug-likeness (QED) is 0.882. The zero-order valence-corrected chi connectivity index (χ0v) is 12.4. The molecule has 106 valence electrons. The molecule has 1 aliphatic heterocycles. The molecule has 18 heavy (non-hydrogen) atoms. The number of rotatable bonds is 2. The molecule has 1 saturated heterocycles. The highest BCUT2D eigenvalue weighted by Crippen LogP contribution is 2.14. The van der Waals surface area contributed by atoms with Gasteiger partial charge in [0.15, 0.2) is 6.39 Å². The number of ether oxygens (including phenoxy) is 1. The first kappa shape index (κ1) is 17.1. The van der Waals surface area contributed by atoms with Gasteiger partial charge in [0, 0.05) is 18.5 Å². The predicted molar refractivity (Wildman–Crippen MR) is 74.8 cm³/mol. The molecule has 0 spiro atoms. The first-order valence-electron chi connectivity index (χ1n) is 6.93. The number of oxazole rings is 1. The summed E-state index contributed by atoms with van der Waals surface area (Å²) in [6.07, 6.45) is 4.29. The third-order valence-corrected chi connectivity index (χ3v) is 2.68. The van der Waals surface area contributed by atoms with Gasteiger partial charge >= 0.3 is 0 Å². The Kier molecular flexibility index (Phi) is 10.7. The van der Waals surface area contributed by atoms with Crippen molar-refractivity contribution >= 4 is 0 Å². The third-order valence-electron chi connectivity index (χ3n) is 2.68. The van der Waals surface area contributed by atoms with Crippen LogP contribution in [-0.4, -0.2) is 30.8 Å². The van der Waals surface area contributed by atoms with Crippen molar-refractivity contribution in [1.82, 2.24) is 10.3 Å². The highest BCUT2D eigenvalue weighted by molar-refractivity contribution is 4.98. The predicted octanol–water partition coefficient (Wildman–Crippen LogP) is 3.21. The van der Waals surface area contributed by atoms with E-state index >= 15 is 0 Å². The van der Waals surface area contributed by atoms with E-state index in [1.54, 1.807) is 6.26 Å². The molecule has 2 atom stereocenters. The fraction of sp³-hybridized carbons (Fsp3) is 0.786. The molecule has 0 bridgehead atoms. The van der Waals surface area contributed by atoms with Crippen molar-refractivity contribution in [2.45, 2.75) is 53.0 Å². The van der Waals surface area contributed by atoms with E-state index in [1.807, 2.05) is 13.8 Å². The van der Waals surface area contributed by atoms with Crippen LogP contribution in [0.4, 0.5) is 0 Å². The van der Waals surface area contributed by atoms with Crippen molar-refractivity contribution in [1.29, 1.82) is 0 Å². The molecule has 0 radical (unpaired) electrons. The molecular formula is C14H28N2O2. The molecule has 1 aromatic heterocycles. The Morgan fingerprint density at radius 3 is 2.56 bits per heavy atom. The van der Waals surface area contributed by atoms with Crippen molar-refractivity contribution < 1.29 is 9.15 Å². The maximum absolute atomic E-state index is 5.12. The van der Waals surface area contributed by atoms with Gasteiger partial charge in [-0.2, -0.15) is 0 Å². The van der Waals surface area contributed by atoms with Crippen LogP contribution in [0.1, 0.15) is 52.7 Å². The maximum atomic E-state index is 5.12. The highest BCUT2D eigenvalue weighted by Gasteiger charge is 2.04. The summed E-state index contributed by atoms with van der Waals surface area (Å²) >= 11 is 0. The highest BCUT2D eigenvalue weighted by atomic mass is 16.5. The topological polar surface area (TPSA) is 47.3 Å². The Labute approximate surface area is 111 Å². The second-order valence-corrected chi connectivity index (χ2v) is 4.15. The van der Waals surface area contributed by atoms with E-state index in [2.05, 4.69) is 31.1 Å². The number of hydrogen-bond acceptors (Lipinski definition) is 4. The Hall–Kier alpha value is -0.870. The van der Waals surface area contributed by atoms with E-state index in [-0.39, 0.29) is 0 Å². The van der Waals surface area contributed by atoms with E-state index in [0.29, 0.717) is 12.0 Å². The van der Waals surface area contributed by atoms with Gasteiger partial charge in [0.25, 0.3) is 0 Å². The minimum atomic E-state index is 0.531. The van der Waals surface area contributed by atoms with Crippen molar-refractivity contribution in [3.63, 3.8) is 0 Å². The van der Waals surface area contributed by atoms with Crippen molar-refractivity contribution in [3.05, 3.63) is 18.4 Å². The van der Waals surface area contributed by atoms with Crippen LogP contribution in [0, 0.1) is 0 Å². The average molecular weight is 256 g/mol. The van der Waals surface area contributed by atoms with Crippen molar-refractivity contribution in [3.8, 4) is 0 Å². The van der Waals surface area contributed by atoms with Crippen LogP contribution in [0.15, 0.2) is 17.1 Å². The van der Waals surface area contributed by atoms with Gasteiger partial charge in [-0.3, -0.25) is 0 Å². The van der Waals surface area contributed by atoms with E-state index in [0.717, 1.165) is 31.9 Å². The number of nitrogens with one attached hydrogen (secondary N) is 1. The zero-order valence-electron chi connectivity index (χ0n) is 12.4. The first-order chi connectivity index (χ1) is 8.74. The van der Waals surface area contributed by atoms with Gasteiger partial charge in [-0.1, -0.05) is 27.7 Å². The Morgan fingerprint density at radius 1 is 1.50 bits per heavy atom. The van der Waals surface area contributed by atoms with E-state index in [1.165, 1.54) is 6.39 Å². The van der Waals surface area contributed by atoms with Gasteiger partial charge in [-0.05, 0) is 13.3 Å². The van der Waals surface area contributed by atoms with Gasteiger partial charge < -0.3 is 14.5 Å². The molecule has 2 rings (SSSR count). The number of nitrogens with zero attached hydrogens (tertiary/aromatic N) is 1. The van der Waals surface area contributed by atoms with Crippen molar-refractivity contribution in [2.24, 2.45) is 0 Å². The van der Waals surface area contributed by atoms with Crippen LogP contribution in [-0.2, 0) is 4.74 Å². The Balaban J connectivity index is 0.000000289. The lowest BCUT2D eigenvalue weighted by Crippen LogP contribution is -2.38. The summed E-state index contributed by atoms with van der Waals surface area (Å²) in [6.45, 7) is 13.2. The third kappa shape index (κ3) is 7.45. The summed E-state index contributed by atoms with van der Waals surface area (Å²) in [4.78, 5) is 4.02. The molecule has 4 heteroatoms. The number of morpholine rings is 1. The lowest BCUT2D eigenvalue weighted by Gasteiger charge is -2.19. The zero-order chi connectivity index (χ0) is 13.8. The number of hydrogen-bond donors (Lipinski definition) is 1. The standard InChI is InChI=1S/C7H11NO.C5H11NO.C2H6/c1-3-6(2)7-4-9-5-8-7;1-5-4-7-3-2-6-5;1-2/h4-6H,3H2,1-2H3;5-6H,2-4H2,1H3;1-2H3. The molecule has 0 saturated carbocycles. The molecule has 1 aromatic rings. The van der Waals surface area contributed by atoms with Crippen molar-refractivity contribution in [2.75, 3.05) is 19.8 Å². The molecule has 1 N–H and O–H groups in total. The maximum Gasteiger partial charge on any atom is 0.180 e. The van der Waals surface area contributed by atoms with Gasteiger partial charge in [-0.25, -0.2) is 4.98 Å². The number of aromatic nitrogens is 1. The second-order valence-electron chi connectivity index (χ2n) is 4.15. The summed E-state index contributed by atoms with van der Waals surface area (Å²) in [5, 5.41) is 3.26. The van der Waals surface area contributed by atoms with Crippen LogP contribution in [0.25, 0.3) is 0 Å². The SMILES string of the molecule is CC.CC1COCCN1.CCC(C)c1cocn1. The minimum Gasteiger partial charge on any atom is -0.451 e. The summed E-state index contributed by atoms with van der Waals surface area (Å²) in [6, 6.07) is 0.564. The van der Waals surface area contributed by atoms with Crippen LogP contribution in [0.5, 0.6) is 0 Å². The molecule has 0 aliphatic carbocycles. The molecular weight excluding hydrogens is 228 g/mol. The smallest absolute Gasteiger partial charge is 0.180 e. The second kappa shape index (κ2) is 11.2. The Morgan fingerprint density at radius 2 is 2.22 bits per heavy atom. The largest absolute Gasteiger partial charge is 0.451 e. The molecule has 1 aliphatic rings. The van der Waals surface area contributed by atoms with Gasteiger partial charge in [0.1, 0.15) is 6.26 Å². The lowest BCUT2D eigenvalue weighted by molar-refractivity contribution is 0.0824. The lowest BCUT2D eigenvalue weighted by atomic mass is 10.1. The normalized spacial score (nSPS) is 19.9. The van der Waals surface area contributed by atoms with Gasteiger partial charge in [-0.15, -0.1) is 0 Å². The van der Waals surface area contributed by atoms with Crippen LogP contribution in [0.3, 0.4) is 0 Å².